The Hall–Kier alpha value is -0.330. The summed E-state index contributed by atoms with van der Waals surface area (Å²) in [6.45, 7) is 6.94. The molecule has 2 atom stereocenters. The van der Waals surface area contributed by atoms with Gasteiger partial charge < -0.3 is 10.1 Å². The van der Waals surface area contributed by atoms with Crippen LogP contribution in [0, 0.1) is 0 Å². The summed E-state index contributed by atoms with van der Waals surface area (Å²) < 4.78 is 43.4. The molecule has 1 aliphatic rings. The highest BCUT2D eigenvalue weighted by molar-refractivity contribution is 4.80. The van der Waals surface area contributed by atoms with Crippen LogP contribution in [-0.2, 0) is 4.74 Å². The lowest BCUT2D eigenvalue weighted by Gasteiger charge is -2.29. The average molecular weight is 296 g/mol. The third-order valence-electron chi connectivity index (χ3n) is 3.55. The highest BCUT2D eigenvalue weighted by Gasteiger charge is 2.34. The fourth-order valence-corrected chi connectivity index (χ4v) is 2.45. The van der Waals surface area contributed by atoms with E-state index in [4.69, 9.17) is 4.74 Å². The summed E-state index contributed by atoms with van der Waals surface area (Å²) in [5.41, 5.74) is 0. The van der Waals surface area contributed by atoms with Crippen molar-refractivity contribution in [3.8, 4) is 0 Å². The Labute approximate surface area is 119 Å². The van der Waals surface area contributed by atoms with E-state index in [0.29, 0.717) is 6.54 Å². The average Bonchev–Trinajstić information content (AvgIpc) is 2.74. The minimum Gasteiger partial charge on any atom is -0.372 e. The van der Waals surface area contributed by atoms with Gasteiger partial charge in [0.2, 0.25) is 0 Å². The quantitative estimate of drug-likeness (QED) is 0.697. The van der Waals surface area contributed by atoms with Crippen LogP contribution in [0.15, 0.2) is 0 Å². The molecule has 0 aliphatic carbocycles. The van der Waals surface area contributed by atoms with Crippen molar-refractivity contribution in [3.63, 3.8) is 0 Å². The molecule has 0 bridgehead atoms. The van der Waals surface area contributed by atoms with E-state index in [-0.39, 0.29) is 18.2 Å². The minimum absolute atomic E-state index is 0.0758. The van der Waals surface area contributed by atoms with E-state index in [1.807, 2.05) is 0 Å². The molecule has 1 saturated heterocycles. The van der Waals surface area contributed by atoms with Gasteiger partial charge in [0, 0.05) is 19.1 Å². The van der Waals surface area contributed by atoms with Crippen LogP contribution in [0.4, 0.5) is 13.2 Å². The van der Waals surface area contributed by atoms with Gasteiger partial charge in [-0.05, 0) is 39.7 Å². The molecule has 0 spiro atoms. The van der Waals surface area contributed by atoms with Crippen molar-refractivity contribution in [1.82, 2.24) is 10.2 Å². The Morgan fingerprint density at radius 3 is 2.45 bits per heavy atom. The lowest BCUT2D eigenvalue weighted by Crippen LogP contribution is -2.43. The van der Waals surface area contributed by atoms with Crippen molar-refractivity contribution in [2.45, 2.75) is 64.5 Å². The molecule has 1 aliphatic heterocycles. The summed E-state index contributed by atoms with van der Waals surface area (Å²) in [4.78, 5) is 1.45. The lowest BCUT2D eigenvalue weighted by molar-refractivity contribution is -0.153. The molecular weight excluding hydrogens is 269 g/mol. The Kier molecular flexibility index (Phi) is 7.26. The van der Waals surface area contributed by atoms with Gasteiger partial charge in [-0.25, -0.2) is 0 Å². The molecule has 1 N–H and O–H groups in total. The normalized spacial score (nSPS) is 24.0. The van der Waals surface area contributed by atoms with Crippen LogP contribution in [-0.4, -0.2) is 55.5 Å². The van der Waals surface area contributed by atoms with Crippen molar-refractivity contribution in [1.29, 1.82) is 0 Å². The highest BCUT2D eigenvalue weighted by atomic mass is 19.4. The SMILES string of the molecule is CCCNCC1CCC(CN(CC(F)(F)F)C(C)C)O1. The second-order valence-electron chi connectivity index (χ2n) is 5.80. The predicted molar refractivity (Wildman–Crippen MR) is 73.8 cm³/mol. The number of nitrogens with one attached hydrogen (secondary N) is 1. The molecule has 20 heavy (non-hydrogen) atoms. The van der Waals surface area contributed by atoms with Gasteiger partial charge in [-0.1, -0.05) is 6.92 Å². The highest BCUT2D eigenvalue weighted by Crippen LogP contribution is 2.23. The Balaban J connectivity index is 2.35. The van der Waals surface area contributed by atoms with Gasteiger partial charge in [0.15, 0.2) is 0 Å². The Morgan fingerprint density at radius 1 is 1.25 bits per heavy atom. The first-order valence-electron chi connectivity index (χ1n) is 7.48. The van der Waals surface area contributed by atoms with E-state index < -0.39 is 12.7 Å². The second-order valence-corrected chi connectivity index (χ2v) is 5.80. The number of hydrogen-bond donors (Lipinski definition) is 1. The van der Waals surface area contributed by atoms with Gasteiger partial charge in [-0.15, -0.1) is 0 Å². The van der Waals surface area contributed by atoms with Crippen molar-refractivity contribution in [2.75, 3.05) is 26.2 Å². The number of ether oxygens (including phenoxy) is 1. The number of rotatable bonds is 8. The van der Waals surface area contributed by atoms with Gasteiger partial charge in [0.1, 0.15) is 0 Å². The maximum Gasteiger partial charge on any atom is 0.401 e. The van der Waals surface area contributed by atoms with Gasteiger partial charge in [0.25, 0.3) is 0 Å². The van der Waals surface area contributed by atoms with Crippen LogP contribution in [0.25, 0.3) is 0 Å². The molecular formula is C14H27F3N2O. The topological polar surface area (TPSA) is 24.5 Å². The molecule has 0 aromatic heterocycles. The summed E-state index contributed by atoms with van der Waals surface area (Å²) in [6.07, 6.45) is -1.23. The van der Waals surface area contributed by atoms with Crippen LogP contribution < -0.4 is 5.32 Å². The van der Waals surface area contributed by atoms with E-state index in [0.717, 1.165) is 32.4 Å². The first-order chi connectivity index (χ1) is 9.31. The summed E-state index contributed by atoms with van der Waals surface area (Å²) in [6, 6.07) is -0.127. The molecule has 0 amide bonds. The van der Waals surface area contributed by atoms with E-state index in [1.54, 1.807) is 13.8 Å². The van der Waals surface area contributed by atoms with E-state index in [2.05, 4.69) is 12.2 Å². The zero-order valence-electron chi connectivity index (χ0n) is 12.7. The van der Waals surface area contributed by atoms with Crippen LogP contribution in [0.5, 0.6) is 0 Å². The lowest BCUT2D eigenvalue weighted by atomic mass is 10.1. The zero-order chi connectivity index (χ0) is 15.2. The van der Waals surface area contributed by atoms with Gasteiger partial charge in [0.05, 0.1) is 18.8 Å². The van der Waals surface area contributed by atoms with E-state index in [9.17, 15) is 13.2 Å². The first-order valence-corrected chi connectivity index (χ1v) is 7.48. The molecule has 6 heteroatoms. The molecule has 1 heterocycles. The maximum atomic E-state index is 12.5. The third-order valence-corrected chi connectivity index (χ3v) is 3.55. The van der Waals surface area contributed by atoms with E-state index in [1.165, 1.54) is 4.90 Å². The van der Waals surface area contributed by atoms with Gasteiger partial charge in [-0.2, -0.15) is 13.2 Å². The van der Waals surface area contributed by atoms with Crippen LogP contribution >= 0.6 is 0 Å². The minimum atomic E-state index is -4.15. The molecule has 0 saturated carbocycles. The summed E-state index contributed by atoms with van der Waals surface area (Å²) in [5, 5.41) is 3.29. The molecule has 120 valence electrons. The van der Waals surface area contributed by atoms with Gasteiger partial charge in [-0.3, -0.25) is 4.90 Å². The molecule has 1 rings (SSSR count). The molecule has 0 aromatic rings. The Bertz CT molecular complexity index is 272. The Morgan fingerprint density at radius 2 is 1.90 bits per heavy atom. The number of nitrogens with zero attached hydrogens (tertiary/aromatic N) is 1. The number of alkyl halides is 3. The van der Waals surface area contributed by atoms with Crippen molar-refractivity contribution in [3.05, 3.63) is 0 Å². The summed E-state index contributed by atoms with van der Waals surface area (Å²) >= 11 is 0. The number of halogens is 3. The monoisotopic (exact) mass is 296 g/mol. The summed E-state index contributed by atoms with van der Waals surface area (Å²) in [7, 11) is 0. The van der Waals surface area contributed by atoms with Crippen LogP contribution in [0.3, 0.4) is 0 Å². The smallest absolute Gasteiger partial charge is 0.372 e. The molecule has 1 fully saturated rings. The predicted octanol–water partition coefficient (Wildman–Crippen LogP) is 2.81. The second kappa shape index (κ2) is 8.20. The van der Waals surface area contributed by atoms with E-state index >= 15 is 0 Å². The maximum absolute atomic E-state index is 12.5. The largest absolute Gasteiger partial charge is 0.401 e. The third kappa shape index (κ3) is 6.90. The molecule has 3 nitrogen and oxygen atoms in total. The fraction of sp³-hybridized carbons (Fsp3) is 1.00. The van der Waals surface area contributed by atoms with Crippen LogP contribution in [0.1, 0.15) is 40.0 Å². The zero-order valence-corrected chi connectivity index (χ0v) is 12.7. The van der Waals surface area contributed by atoms with Crippen LogP contribution in [0.2, 0.25) is 0 Å². The van der Waals surface area contributed by atoms with Gasteiger partial charge >= 0.3 is 6.18 Å². The summed E-state index contributed by atoms with van der Waals surface area (Å²) in [5.74, 6) is 0. The van der Waals surface area contributed by atoms with Crippen molar-refractivity contribution < 1.29 is 17.9 Å². The first kappa shape index (κ1) is 17.7. The van der Waals surface area contributed by atoms with Crippen molar-refractivity contribution in [2.24, 2.45) is 0 Å². The van der Waals surface area contributed by atoms with Crippen molar-refractivity contribution >= 4 is 0 Å². The molecule has 2 unspecified atom stereocenters. The fourth-order valence-electron chi connectivity index (χ4n) is 2.45. The molecule has 0 aromatic carbocycles. The molecule has 0 radical (unpaired) electrons. The standard InChI is InChI=1S/C14H27F3N2O/c1-4-7-18-8-12-5-6-13(20-12)9-19(11(2)3)10-14(15,16)17/h11-13,18H,4-10H2,1-3H3. The number of hydrogen-bond acceptors (Lipinski definition) is 3.